The van der Waals surface area contributed by atoms with E-state index in [1.165, 1.54) is 36.8 Å². The molecule has 0 aliphatic heterocycles. The van der Waals surface area contributed by atoms with E-state index in [0.29, 0.717) is 5.92 Å². The molecule has 15 heavy (non-hydrogen) atoms. The molecule has 2 rings (SSSR count). The molecule has 0 aromatic heterocycles. The Morgan fingerprint density at radius 3 is 2.47 bits per heavy atom. The Kier molecular flexibility index (Phi) is 2.85. The Bertz CT molecular complexity index is 352. The van der Waals surface area contributed by atoms with Crippen LogP contribution in [0.2, 0.25) is 0 Å². The standard InChI is InChI=1S/C13H20N2/c1-2-9-7-8-11(14)13(15)12(9)10-5-3-4-6-10/h7-8,10H,2-6,14-15H2,1H3. The number of rotatable bonds is 2. The van der Waals surface area contributed by atoms with Gasteiger partial charge in [0.1, 0.15) is 0 Å². The Morgan fingerprint density at radius 2 is 1.87 bits per heavy atom. The Hall–Kier alpha value is -1.18. The van der Waals surface area contributed by atoms with E-state index in [1.54, 1.807) is 0 Å². The third-order valence-corrected chi connectivity index (χ3v) is 3.56. The van der Waals surface area contributed by atoms with Crippen LogP contribution in [-0.2, 0) is 6.42 Å². The van der Waals surface area contributed by atoms with Gasteiger partial charge in [-0.05, 0) is 42.4 Å². The molecule has 1 saturated carbocycles. The van der Waals surface area contributed by atoms with E-state index in [4.69, 9.17) is 11.5 Å². The van der Waals surface area contributed by atoms with Crippen molar-refractivity contribution in [3.8, 4) is 0 Å². The summed E-state index contributed by atoms with van der Waals surface area (Å²) in [4.78, 5) is 0. The zero-order valence-electron chi connectivity index (χ0n) is 9.42. The van der Waals surface area contributed by atoms with Crippen molar-refractivity contribution in [3.63, 3.8) is 0 Å². The number of nitrogens with two attached hydrogens (primary N) is 2. The second kappa shape index (κ2) is 4.13. The zero-order valence-corrected chi connectivity index (χ0v) is 9.42. The summed E-state index contributed by atoms with van der Waals surface area (Å²) in [7, 11) is 0. The second-order valence-electron chi connectivity index (χ2n) is 4.48. The normalized spacial score (nSPS) is 17.1. The summed E-state index contributed by atoms with van der Waals surface area (Å²) in [6, 6.07) is 4.08. The lowest BCUT2D eigenvalue weighted by molar-refractivity contribution is 0.716. The molecule has 0 unspecified atom stereocenters. The SMILES string of the molecule is CCc1ccc(N)c(N)c1C1CCCC1. The first-order chi connectivity index (χ1) is 7.24. The summed E-state index contributed by atoms with van der Waals surface area (Å²) in [6.07, 6.45) is 6.28. The van der Waals surface area contributed by atoms with Crippen LogP contribution in [0, 0.1) is 0 Å². The third-order valence-electron chi connectivity index (χ3n) is 3.56. The molecule has 0 bridgehead atoms. The van der Waals surface area contributed by atoms with E-state index in [0.717, 1.165) is 17.8 Å². The van der Waals surface area contributed by atoms with Gasteiger partial charge in [-0.15, -0.1) is 0 Å². The fourth-order valence-corrected chi connectivity index (χ4v) is 2.70. The summed E-state index contributed by atoms with van der Waals surface area (Å²) < 4.78 is 0. The predicted molar refractivity (Wildman–Crippen MR) is 65.9 cm³/mol. The highest BCUT2D eigenvalue weighted by atomic mass is 14.7. The highest BCUT2D eigenvalue weighted by Crippen LogP contribution is 2.40. The van der Waals surface area contributed by atoms with E-state index in [2.05, 4.69) is 13.0 Å². The lowest BCUT2D eigenvalue weighted by Gasteiger charge is -2.18. The summed E-state index contributed by atoms with van der Waals surface area (Å²) in [5.74, 6) is 0.656. The van der Waals surface area contributed by atoms with Gasteiger partial charge in [0.25, 0.3) is 0 Å². The maximum Gasteiger partial charge on any atom is 0.0585 e. The molecule has 2 nitrogen and oxygen atoms in total. The van der Waals surface area contributed by atoms with Gasteiger partial charge in [-0.25, -0.2) is 0 Å². The van der Waals surface area contributed by atoms with Crippen molar-refractivity contribution in [3.05, 3.63) is 23.3 Å². The van der Waals surface area contributed by atoms with Crippen LogP contribution in [0.25, 0.3) is 0 Å². The molecular formula is C13H20N2. The molecule has 0 heterocycles. The van der Waals surface area contributed by atoms with Crippen LogP contribution in [0.3, 0.4) is 0 Å². The first-order valence-electron chi connectivity index (χ1n) is 5.90. The minimum atomic E-state index is 0.656. The number of anilines is 2. The summed E-state index contributed by atoms with van der Waals surface area (Å²) in [5.41, 5.74) is 16.3. The molecule has 0 saturated heterocycles. The monoisotopic (exact) mass is 204 g/mol. The highest BCUT2D eigenvalue weighted by molar-refractivity contribution is 5.70. The summed E-state index contributed by atoms with van der Waals surface area (Å²) in [5, 5.41) is 0. The lowest BCUT2D eigenvalue weighted by Crippen LogP contribution is -2.06. The average Bonchev–Trinajstić information content (AvgIpc) is 2.75. The van der Waals surface area contributed by atoms with Crippen LogP contribution in [0.5, 0.6) is 0 Å². The average molecular weight is 204 g/mol. The first-order valence-corrected chi connectivity index (χ1v) is 5.90. The van der Waals surface area contributed by atoms with Gasteiger partial charge in [0.2, 0.25) is 0 Å². The van der Waals surface area contributed by atoms with E-state index in [9.17, 15) is 0 Å². The fourth-order valence-electron chi connectivity index (χ4n) is 2.70. The van der Waals surface area contributed by atoms with Crippen LogP contribution < -0.4 is 11.5 Å². The van der Waals surface area contributed by atoms with Gasteiger partial charge in [0.05, 0.1) is 11.4 Å². The molecule has 1 aromatic rings. The first kappa shape index (κ1) is 10.3. The lowest BCUT2D eigenvalue weighted by atomic mass is 9.89. The number of benzene rings is 1. The molecule has 0 spiro atoms. The van der Waals surface area contributed by atoms with E-state index in [-0.39, 0.29) is 0 Å². The van der Waals surface area contributed by atoms with E-state index < -0.39 is 0 Å². The molecule has 0 amide bonds. The van der Waals surface area contributed by atoms with Crippen LogP contribution in [0.4, 0.5) is 11.4 Å². The maximum atomic E-state index is 6.11. The van der Waals surface area contributed by atoms with Gasteiger partial charge in [-0.1, -0.05) is 25.8 Å². The van der Waals surface area contributed by atoms with Gasteiger partial charge < -0.3 is 11.5 Å². The quantitative estimate of drug-likeness (QED) is 0.727. The minimum absolute atomic E-state index is 0.656. The Labute approximate surface area is 91.7 Å². The van der Waals surface area contributed by atoms with Crippen LogP contribution in [-0.4, -0.2) is 0 Å². The largest absolute Gasteiger partial charge is 0.397 e. The molecule has 0 atom stereocenters. The summed E-state index contributed by atoms with van der Waals surface area (Å²) in [6.45, 7) is 2.18. The number of aryl methyl sites for hydroxylation is 1. The Morgan fingerprint density at radius 1 is 1.20 bits per heavy atom. The van der Waals surface area contributed by atoms with Crippen molar-refractivity contribution in [2.75, 3.05) is 11.5 Å². The number of nitrogen functional groups attached to an aromatic ring is 2. The number of hydrogen-bond donors (Lipinski definition) is 2. The van der Waals surface area contributed by atoms with Crippen LogP contribution in [0.1, 0.15) is 49.7 Å². The minimum Gasteiger partial charge on any atom is -0.397 e. The maximum absolute atomic E-state index is 6.11. The molecule has 1 aliphatic rings. The molecule has 4 N–H and O–H groups in total. The second-order valence-corrected chi connectivity index (χ2v) is 4.48. The van der Waals surface area contributed by atoms with E-state index in [1.807, 2.05) is 6.07 Å². The highest BCUT2D eigenvalue weighted by Gasteiger charge is 2.22. The van der Waals surface area contributed by atoms with Gasteiger partial charge in [-0.3, -0.25) is 0 Å². The van der Waals surface area contributed by atoms with Gasteiger partial charge in [0, 0.05) is 0 Å². The van der Waals surface area contributed by atoms with Crippen molar-refractivity contribution in [2.24, 2.45) is 0 Å². The van der Waals surface area contributed by atoms with Crippen molar-refractivity contribution >= 4 is 11.4 Å². The van der Waals surface area contributed by atoms with Gasteiger partial charge >= 0.3 is 0 Å². The topological polar surface area (TPSA) is 52.0 Å². The van der Waals surface area contributed by atoms with Crippen molar-refractivity contribution in [1.29, 1.82) is 0 Å². The van der Waals surface area contributed by atoms with E-state index >= 15 is 0 Å². The third kappa shape index (κ3) is 1.81. The van der Waals surface area contributed by atoms with Crippen molar-refractivity contribution in [1.82, 2.24) is 0 Å². The predicted octanol–water partition coefficient (Wildman–Crippen LogP) is 3.07. The van der Waals surface area contributed by atoms with Crippen molar-refractivity contribution in [2.45, 2.75) is 44.9 Å². The zero-order chi connectivity index (χ0) is 10.8. The van der Waals surface area contributed by atoms with Gasteiger partial charge in [0.15, 0.2) is 0 Å². The number of hydrogen-bond acceptors (Lipinski definition) is 2. The summed E-state index contributed by atoms with van der Waals surface area (Å²) >= 11 is 0. The molecule has 1 aromatic carbocycles. The molecule has 0 radical (unpaired) electrons. The fraction of sp³-hybridized carbons (Fsp3) is 0.538. The molecule has 1 fully saturated rings. The molecule has 1 aliphatic carbocycles. The molecule has 82 valence electrons. The Balaban J connectivity index is 2.45. The smallest absolute Gasteiger partial charge is 0.0585 e. The molecule has 2 heteroatoms. The van der Waals surface area contributed by atoms with Gasteiger partial charge in [-0.2, -0.15) is 0 Å². The molecular weight excluding hydrogens is 184 g/mol. The van der Waals surface area contributed by atoms with Crippen molar-refractivity contribution < 1.29 is 0 Å². The van der Waals surface area contributed by atoms with Crippen LogP contribution >= 0.6 is 0 Å². The van der Waals surface area contributed by atoms with Crippen LogP contribution in [0.15, 0.2) is 12.1 Å².